The third-order valence-corrected chi connectivity index (χ3v) is 5.02. The van der Waals surface area contributed by atoms with E-state index in [-0.39, 0.29) is 22.3 Å². The molecule has 7 nitrogen and oxygen atoms in total. The Balaban J connectivity index is 2.16. The molecule has 0 radical (unpaired) electrons. The summed E-state index contributed by atoms with van der Waals surface area (Å²) >= 11 is 0. The molecule has 3 rings (SSSR count). The fourth-order valence-electron chi connectivity index (χ4n) is 2.61. The van der Waals surface area contributed by atoms with Gasteiger partial charge in [-0.2, -0.15) is 0 Å². The van der Waals surface area contributed by atoms with Crippen LogP contribution in [0.15, 0.2) is 51.9 Å². The average molecular weight is 405 g/mol. The molecule has 2 aromatic carbocycles. The predicted molar refractivity (Wildman–Crippen MR) is 98.3 cm³/mol. The quantitative estimate of drug-likeness (QED) is 0.600. The number of esters is 1. The van der Waals surface area contributed by atoms with Crippen molar-refractivity contribution in [2.45, 2.75) is 11.8 Å². The monoisotopic (exact) mass is 405 g/mol. The van der Waals surface area contributed by atoms with E-state index in [1.54, 1.807) is 6.07 Å². The summed E-state index contributed by atoms with van der Waals surface area (Å²) in [5.74, 6) is -1.34. The molecular formula is C19H16FNO6S. The van der Waals surface area contributed by atoms with Crippen LogP contribution in [0.2, 0.25) is 0 Å². The van der Waals surface area contributed by atoms with Gasteiger partial charge in [-0.25, -0.2) is 12.8 Å². The number of methoxy groups -OCH3 is 1. The van der Waals surface area contributed by atoms with Crippen molar-refractivity contribution in [3.8, 4) is 34.1 Å². The van der Waals surface area contributed by atoms with E-state index in [2.05, 4.69) is 5.16 Å². The molecule has 1 heterocycles. The zero-order valence-electron chi connectivity index (χ0n) is 15.2. The summed E-state index contributed by atoms with van der Waals surface area (Å²) in [5, 5.41) is 3.91. The maximum Gasteiger partial charge on any atom is 0.327 e. The van der Waals surface area contributed by atoms with Crippen LogP contribution >= 0.6 is 0 Å². The second-order valence-electron chi connectivity index (χ2n) is 5.93. The van der Waals surface area contributed by atoms with Gasteiger partial charge in [0.2, 0.25) is 0 Å². The SMILES string of the molecule is COc1ccc(-c2noc(OC(C)=O)c2-c2ccc(S(C)(=O)=O)cc2)cc1F. The van der Waals surface area contributed by atoms with Gasteiger partial charge < -0.3 is 14.0 Å². The first-order valence-electron chi connectivity index (χ1n) is 8.03. The highest BCUT2D eigenvalue weighted by atomic mass is 32.2. The molecule has 0 N–H and O–H groups in total. The lowest BCUT2D eigenvalue weighted by molar-refractivity contribution is -0.133. The van der Waals surface area contributed by atoms with Crippen molar-refractivity contribution in [1.82, 2.24) is 5.16 Å². The van der Waals surface area contributed by atoms with Crippen molar-refractivity contribution in [2.24, 2.45) is 0 Å². The Labute approximate surface area is 160 Å². The van der Waals surface area contributed by atoms with Gasteiger partial charge in [-0.3, -0.25) is 4.79 Å². The highest BCUT2D eigenvalue weighted by molar-refractivity contribution is 7.90. The van der Waals surface area contributed by atoms with Gasteiger partial charge in [0.1, 0.15) is 5.69 Å². The molecule has 0 saturated heterocycles. The molecule has 0 aliphatic heterocycles. The Morgan fingerprint density at radius 2 is 1.75 bits per heavy atom. The van der Waals surface area contributed by atoms with Crippen molar-refractivity contribution in [3.05, 3.63) is 48.3 Å². The number of benzene rings is 2. The first-order chi connectivity index (χ1) is 13.2. The van der Waals surface area contributed by atoms with Crippen LogP contribution in [0.25, 0.3) is 22.4 Å². The van der Waals surface area contributed by atoms with E-state index in [1.807, 2.05) is 0 Å². The standard InChI is InChI=1S/C19H16FNO6S/c1-11(22)26-19-17(12-4-7-14(8-5-12)28(3,23)24)18(21-27-19)13-6-9-16(25-2)15(20)10-13/h4-10H,1-3H3. The Morgan fingerprint density at radius 1 is 1.11 bits per heavy atom. The highest BCUT2D eigenvalue weighted by Gasteiger charge is 2.23. The largest absolute Gasteiger partial charge is 0.494 e. The molecule has 0 fully saturated rings. The summed E-state index contributed by atoms with van der Waals surface area (Å²) in [7, 11) is -2.03. The maximum absolute atomic E-state index is 14.1. The Hall–Kier alpha value is -3.20. The zero-order chi connectivity index (χ0) is 20.5. The van der Waals surface area contributed by atoms with Crippen molar-refractivity contribution >= 4 is 15.8 Å². The van der Waals surface area contributed by atoms with Gasteiger partial charge >= 0.3 is 11.9 Å². The van der Waals surface area contributed by atoms with Crippen LogP contribution in [-0.4, -0.2) is 32.9 Å². The molecule has 0 amide bonds. The van der Waals surface area contributed by atoms with E-state index in [9.17, 15) is 17.6 Å². The van der Waals surface area contributed by atoms with E-state index < -0.39 is 21.6 Å². The van der Waals surface area contributed by atoms with Crippen molar-refractivity contribution in [2.75, 3.05) is 13.4 Å². The zero-order valence-corrected chi connectivity index (χ0v) is 16.0. The topological polar surface area (TPSA) is 95.7 Å². The molecule has 0 unspecified atom stereocenters. The summed E-state index contributed by atoms with van der Waals surface area (Å²) in [6, 6.07) is 10.1. The number of ether oxygens (including phenoxy) is 2. The van der Waals surface area contributed by atoms with Gasteiger partial charge in [-0.15, -0.1) is 0 Å². The lowest BCUT2D eigenvalue weighted by atomic mass is 10.0. The smallest absolute Gasteiger partial charge is 0.327 e. The van der Waals surface area contributed by atoms with Crippen molar-refractivity contribution in [3.63, 3.8) is 0 Å². The highest BCUT2D eigenvalue weighted by Crippen LogP contribution is 2.40. The molecule has 28 heavy (non-hydrogen) atoms. The molecule has 3 aromatic rings. The third-order valence-electron chi connectivity index (χ3n) is 3.89. The number of halogens is 1. The number of aromatic nitrogens is 1. The van der Waals surface area contributed by atoms with E-state index in [0.717, 1.165) is 6.26 Å². The van der Waals surface area contributed by atoms with Crippen molar-refractivity contribution < 1.29 is 31.6 Å². The number of hydrogen-bond donors (Lipinski definition) is 0. The summed E-state index contributed by atoms with van der Waals surface area (Å²) in [5.41, 5.74) is 1.36. The maximum atomic E-state index is 14.1. The molecule has 1 aromatic heterocycles. The molecule has 0 aliphatic rings. The van der Waals surface area contributed by atoms with E-state index in [1.165, 1.54) is 50.4 Å². The summed E-state index contributed by atoms with van der Waals surface area (Å²) in [6.45, 7) is 1.20. The van der Waals surface area contributed by atoms with Crippen LogP contribution in [0.4, 0.5) is 4.39 Å². The Morgan fingerprint density at radius 3 is 2.29 bits per heavy atom. The van der Waals surface area contributed by atoms with Crippen LogP contribution in [-0.2, 0) is 14.6 Å². The number of rotatable bonds is 5. The van der Waals surface area contributed by atoms with Gasteiger partial charge in [0.15, 0.2) is 21.4 Å². The average Bonchev–Trinajstić information content (AvgIpc) is 3.03. The lowest BCUT2D eigenvalue weighted by Crippen LogP contribution is -2.01. The fraction of sp³-hybridized carbons (Fsp3) is 0.158. The van der Waals surface area contributed by atoms with Crippen LogP contribution in [0.5, 0.6) is 11.7 Å². The van der Waals surface area contributed by atoms with Crippen LogP contribution in [0, 0.1) is 5.82 Å². The lowest BCUT2D eigenvalue weighted by Gasteiger charge is -2.07. The van der Waals surface area contributed by atoms with Crippen molar-refractivity contribution in [1.29, 1.82) is 0 Å². The molecular weight excluding hydrogens is 389 g/mol. The van der Waals surface area contributed by atoms with Crippen LogP contribution in [0.1, 0.15) is 6.92 Å². The molecule has 0 bridgehead atoms. The molecule has 146 valence electrons. The number of nitrogens with zero attached hydrogens (tertiary/aromatic N) is 1. The second kappa shape index (κ2) is 7.43. The van der Waals surface area contributed by atoms with E-state index in [0.29, 0.717) is 16.7 Å². The second-order valence-corrected chi connectivity index (χ2v) is 7.95. The van der Waals surface area contributed by atoms with Gasteiger partial charge in [-0.05, 0) is 35.9 Å². The minimum absolute atomic E-state index is 0.0616. The van der Waals surface area contributed by atoms with Gasteiger partial charge in [0, 0.05) is 18.7 Å². The summed E-state index contributed by atoms with van der Waals surface area (Å²) < 4.78 is 52.6. The molecule has 0 aliphatic carbocycles. The Kier molecular flexibility index (Phi) is 5.19. The summed E-state index contributed by atoms with van der Waals surface area (Å²) in [6.07, 6.45) is 1.09. The molecule has 0 spiro atoms. The molecule has 9 heteroatoms. The van der Waals surface area contributed by atoms with Gasteiger partial charge in [0.25, 0.3) is 0 Å². The number of sulfone groups is 1. The predicted octanol–water partition coefficient (Wildman–Crippen LogP) is 3.49. The minimum atomic E-state index is -3.38. The Bertz CT molecular complexity index is 1140. The normalized spacial score (nSPS) is 11.3. The number of carbonyl (C=O) groups is 1. The third kappa shape index (κ3) is 3.89. The van der Waals surface area contributed by atoms with Gasteiger partial charge in [-0.1, -0.05) is 17.3 Å². The molecule has 0 atom stereocenters. The van der Waals surface area contributed by atoms with Crippen LogP contribution in [0.3, 0.4) is 0 Å². The molecule has 0 saturated carbocycles. The number of carbonyl (C=O) groups excluding carboxylic acids is 1. The van der Waals surface area contributed by atoms with E-state index in [4.69, 9.17) is 14.0 Å². The fourth-order valence-corrected chi connectivity index (χ4v) is 3.24. The first kappa shape index (κ1) is 19.6. The minimum Gasteiger partial charge on any atom is -0.494 e. The van der Waals surface area contributed by atoms with Gasteiger partial charge in [0.05, 0.1) is 17.6 Å². The summed E-state index contributed by atoms with van der Waals surface area (Å²) in [4.78, 5) is 11.5. The first-order valence-corrected chi connectivity index (χ1v) is 9.92. The van der Waals surface area contributed by atoms with Crippen LogP contribution < -0.4 is 9.47 Å². The number of hydrogen-bond acceptors (Lipinski definition) is 7. The van der Waals surface area contributed by atoms with E-state index >= 15 is 0 Å².